The molecule has 1 saturated heterocycles. The van der Waals surface area contributed by atoms with Crippen molar-refractivity contribution in [2.75, 3.05) is 20.1 Å². The van der Waals surface area contributed by atoms with Crippen molar-refractivity contribution < 1.29 is 9.90 Å². The Morgan fingerprint density at radius 2 is 2.39 bits per heavy atom. The van der Waals surface area contributed by atoms with Crippen molar-refractivity contribution in [1.82, 2.24) is 14.9 Å². The normalized spacial score (nSPS) is 21.4. The number of nitrogens with zero attached hydrogens (tertiary/aromatic N) is 2. The van der Waals surface area contributed by atoms with E-state index < -0.39 is 11.4 Å². The highest BCUT2D eigenvalue weighted by Gasteiger charge is 2.29. The van der Waals surface area contributed by atoms with E-state index in [1.165, 1.54) is 0 Å². The summed E-state index contributed by atoms with van der Waals surface area (Å²) >= 11 is 0. The number of aromatic amines is 1. The van der Waals surface area contributed by atoms with Crippen LogP contribution in [0.2, 0.25) is 0 Å². The summed E-state index contributed by atoms with van der Waals surface area (Å²) in [6.45, 7) is 5.97. The summed E-state index contributed by atoms with van der Waals surface area (Å²) in [6, 6.07) is 0. The fraction of sp³-hybridized carbons (Fsp3) is 0.692. The van der Waals surface area contributed by atoms with Crippen molar-refractivity contribution in [3.8, 4) is 0 Å². The van der Waals surface area contributed by atoms with Crippen LogP contribution >= 0.6 is 0 Å². The number of imidazole rings is 1. The topological polar surface area (TPSA) is 69.2 Å². The summed E-state index contributed by atoms with van der Waals surface area (Å²) < 4.78 is 0. The molecule has 18 heavy (non-hydrogen) atoms. The second-order valence-electron chi connectivity index (χ2n) is 5.89. The molecule has 1 aliphatic heterocycles. The molecule has 0 radical (unpaired) electrons. The van der Waals surface area contributed by atoms with Gasteiger partial charge in [-0.25, -0.2) is 4.98 Å². The highest BCUT2D eigenvalue weighted by atomic mass is 16.4. The van der Waals surface area contributed by atoms with Crippen LogP contribution in [-0.4, -0.2) is 46.1 Å². The van der Waals surface area contributed by atoms with Crippen LogP contribution in [0, 0.1) is 0 Å². The van der Waals surface area contributed by atoms with E-state index in [9.17, 15) is 4.79 Å². The number of carbonyl (C=O) groups is 1. The van der Waals surface area contributed by atoms with Gasteiger partial charge in [0.2, 0.25) is 0 Å². The fourth-order valence-corrected chi connectivity index (χ4v) is 2.54. The van der Waals surface area contributed by atoms with Crippen molar-refractivity contribution in [2.45, 2.75) is 38.0 Å². The first kappa shape index (κ1) is 13.1. The van der Waals surface area contributed by atoms with E-state index in [-0.39, 0.29) is 6.42 Å². The minimum Gasteiger partial charge on any atom is -0.481 e. The molecule has 1 aliphatic rings. The van der Waals surface area contributed by atoms with Gasteiger partial charge in [0.05, 0.1) is 6.42 Å². The van der Waals surface area contributed by atoms with Crippen molar-refractivity contribution in [2.24, 2.45) is 0 Å². The zero-order chi connectivity index (χ0) is 13.3. The minimum absolute atomic E-state index is 0.0878. The molecule has 2 N–H and O–H groups in total. The molecule has 1 unspecified atom stereocenters. The molecule has 2 rings (SSSR count). The number of aromatic nitrogens is 2. The SMILES string of the molecule is CN1CCC(c2cnc(C(C)(C)CC(=O)O)[nH]2)C1. The first-order valence-corrected chi connectivity index (χ1v) is 6.34. The number of H-pyrrole nitrogens is 1. The molecule has 0 bridgehead atoms. The predicted molar refractivity (Wildman–Crippen MR) is 68.7 cm³/mol. The quantitative estimate of drug-likeness (QED) is 0.852. The van der Waals surface area contributed by atoms with E-state index in [2.05, 4.69) is 21.9 Å². The number of likely N-dealkylation sites (N-methyl/N-ethyl adjacent to an activating group) is 1. The van der Waals surface area contributed by atoms with E-state index in [0.717, 1.165) is 31.0 Å². The van der Waals surface area contributed by atoms with Gasteiger partial charge in [0.15, 0.2) is 0 Å². The van der Waals surface area contributed by atoms with Crippen LogP contribution in [0.1, 0.15) is 44.1 Å². The van der Waals surface area contributed by atoms with E-state index in [4.69, 9.17) is 5.11 Å². The van der Waals surface area contributed by atoms with Crippen molar-refractivity contribution in [3.63, 3.8) is 0 Å². The van der Waals surface area contributed by atoms with Crippen LogP contribution in [0.4, 0.5) is 0 Å². The Morgan fingerprint density at radius 1 is 1.67 bits per heavy atom. The first-order valence-electron chi connectivity index (χ1n) is 6.34. The lowest BCUT2D eigenvalue weighted by atomic mass is 9.88. The van der Waals surface area contributed by atoms with Gasteiger partial charge in [-0.3, -0.25) is 4.79 Å². The molecule has 0 aliphatic carbocycles. The summed E-state index contributed by atoms with van der Waals surface area (Å²) in [5, 5.41) is 8.92. The minimum atomic E-state index is -0.793. The predicted octanol–water partition coefficient (Wildman–Crippen LogP) is 1.58. The van der Waals surface area contributed by atoms with Crippen molar-refractivity contribution in [1.29, 1.82) is 0 Å². The Balaban J connectivity index is 2.12. The van der Waals surface area contributed by atoms with Crippen molar-refractivity contribution in [3.05, 3.63) is 17.7 Å². The molecule has 0 saturated carbocycles. The highest BCUT2D eigenvalue weighted by molar-refractivity contribution is 5.68. The molecule has 1 aromatic rings. The smallest absolute Gasteiger partial charge is 0.304 e. The largest absolute Gasteiger partial charge is 0.481 e. The first-order chi connectivity index (χ1) is 8.38. The zero-order valence-electron chi connectivity index (χ0n) is 11.2. The van der Waals surface area contributed by atoms with E-state index in [0.29, 0.717) is 5.92 Å². The standard InChI is InChI=1S/C13H21N3O2/c1-13(2,6-11(17)18)12-14-7-10(15-12)9-4-5-16(3)8-9/h7,9H,4-6,8H2,1-3H3,(H,14,15)(H,17,18). The summed E-state index contributed by atoms with van der Waals surface area (Å²) in [4.78, 5) is 20.8. The van der Waals surface area contributed by atoms with Gasteiger partial charge in [-0.05, 0) is 20.0 Å². The van der Waals surface area contributed by atoms with Crippen LogP contribution in [0.15, 0.2) is 6.20 Å². The molecule has 5 nitrogen and oxygen atoms in total. The van der Waals surface area contributed by atoms with Crippen LogP contribution < -0.4 is 0 Å². The number of hydrogen-bond acceptors (Lipinski definition) is 3. The summed E-state index contributed by atoms with van der Waals surface area (Å²) in [5.41, 5.74) is 0.682. The van der Waals surface area contributed by atoms with Crippen LogP contribution in [-0.2, 0) is 10.2 Å². The maximum absolute atomic E-state index is 10.8. The monoisotopic (exact) mass is 251 g/mol. The number of carboxylic acid groups (broad SMARTS) is 1. The second-order valence-corrected chi connectivity index (χ2v) is 5.89. The molecule has 5 heteroatoms. The molecule has 1 fully saturated rings. The summed E-state index contributed by atoms with van der Waals surface area (Å²) in [6.07, 6.45) is 3.09. The second kappa shape index (κ2) is 4.72. The molecular weight excluding hydrogens is 230 g/mol. The Labute approximate surface area is 107 Å². The van der Waals surface area contributed by atoms with Gasteiger partial charge in [-0.2, -0.15) is 0 Å². The van der Waals surface area contributed by atoms with Gasteiger partial charge in [0.1, 0.15) is 5.82 Å². The van der Waals surface area contributed by atoms with Crippen LogP contribution in [0.3, 0.4) is 0 Å². The van der Waals surface area contributed by atoms with Gasteiger partial charge in [0.25, 0.3) is 0 Å². The molecule has 1 atom stereocenters. The third-order valence-electron chi connectivity index (χ3n) is 3.66. The van der Waals surface area contributed by atoms with Crippen LogP contribution in [0.5, 0.6) is 0 Å². The number of carboxylic acids is 1. The van der Waals surface area contributed by atoms with Gasteiger partial charge < -0.3 is 15.0 Å². The molecule has 100 valence electrons. The Kier molecular flexibility index (Phi) is 3.43. The third kappa shape index (κ3) is 2.72. The zero-order valence-corrected chi connectivity index (χ0v) is 11.2. The number of rotatable bonds is 4. The lowest BCUT2D eigenvalue weighted by Crippen LogP contribution is -2.23. The maximum Gasteiger partial charge on any atom is 0.304 e. The fourth-order valence-electron chi connectivity index (χ4n) is 2.54. The average Bonchev–Trinajstić information content (AvgIpc) is 2.83. The Bertz CT molecular complexity index is 439. The Morgan fingerprint density at radius 3 is 2.94 bits per heavy atom. The maximum atomic E-state index is 10.8. The molecule has 2 heterocycles. The molecular formula is C13H21N3O2. The van der Waals surface area contributed by atoms with Crippen molar-refractivity contribution >= 4 is 5.97 Å². The van der Waals surface area contributed by atoms with E-state index in [1.807, 2.05) is 20.0 Å². The lowest BCUT2D eigenvalue weighted by Gasteiger charge is -2.19. The number of nitrogens with one attached hydrogen (secondary N) is 1. The highest BCUT2D eigenvalue weighted by Crippen LogP contribution is 2.29. The van der Waals surface area contributed by atoms with Crippen LogP contribution in [0.25, 0.3) is 0 Å². The van der Waals surface area contributed by atoms with E-state index in [1.54, 1.807) is 0 Å². The summed E-state index contributed by atoms with van der Waals surface area (Å²) in [7, 11) is 2.12. The molecule has 0 aromatic carbocycles. The molecule has 0 spiro atoms. The lowest BCUT2D eigenvalue weighted by molar-refractivity contribution is -0.138. The number of aliphatic carboxylic acids is 1. The van der Waals surface area contributed by atoms with Gasteiger partial charge in [0, 0.05) is 29.8 Å². The third-order valence-corrected chi connectivity index (χ3v) is 3.66. The van der Waals surface area contributed by atoms with Gasteiger partial charge in [-0.15, -0.1) is 0 Å². The number of hydrogen-bond donors (Lipinski definition) is 2. The van der Waals surface area contributed by atoms with Gasteiger partial charge in [-0.1, -0.05) is 13.8 Å². The molecule has 1 aromatic heterocycles. The van der Waals surface area contributed by atoms with E-state index >= 15 is 0 Å². The van der Waals surface area contributed by atoms with Gasteiger partial charge >= 0.3 is 5.97 Å². The summed E-state index contributed by atoms with van der Waals surface area (Å²) in [5.74, 6) is 0.477. The Hall–Kier alpha value is -1.36. The average molecular weight is 251 g/mol. The molecule has 0 amide bonds. The number of likely N-dealkylation sites (tertiary alicyclic amines) is 1.